The molecule has 124 valence electrons. The van der Waals surface area contributed by atoms with Gasteiger partial charge in [0.1, 0.15) is 6.54 Å². The van der Waals surface area contributed by atoms with Crippen LogP contribution in [0.2, 0.25) is 0 Å². The lowest BCUT2D eigenvalue weighted by atomic mass is 9.99. The standard InChI is InChI=1S/C15H21N5O3/c21-13-9-17-15(23)20(13)10-14(22)19-6-2-1-3-12(19)4-7-18-8-5-16-11-18/h5,8,11-12H,1-4,6-7,9-10H2,(H,17,23). The number of rotatable bonds is 5. The smallest absolute Gasteiger partial charge is 0.325 e. The summed E-state index contributed by atoms with van der Waals surface area (Å²) in [4.78, 5) is 42.6. The van der Waals surface area contributed by atoms with Crippen LogP contribution < -0.4 is 5.32 Å². The fourth-order valence-electron chi connectivity index (χ4n) is 3.19. The second-order valence-electron chi connectivity index (χ2n) is 5.96. The molecule has 1 N–H and O–H groups in total. The van der Waals surface area contributed by atoms with Gasteiger partial charge in [0, 0.05) is 31.5 Å². The number of nitrogens with one attached hydrogen (secondary N) is 1. The summed E-state index contributed by atoms with van der Waals surface area (Å²) >= 11 is 0. The van der Waals surface area contributed by atoms with E-state index in [4.69, 9.17) is 0 Å². The molecule has 1 atom stereocenters. The maximum absolute atomic E-state index is 12.5. The van der Waals surface area contributed by atoms with E-state index in [0.29, 0.717) is 6.54 Å². The van der Waals surface area contributed by atoms with Crippen LogP contribution >= 0.6 is 0 Å². The predicted octanol–water partition coefficient (Wildman–Crippen LogP) is 0.206. The predicted molar refractivity (Wildman–Crippen MR) is 81.3 cm³/mol. The minimum absolute atomic E-state index is 0.0177. The van der Waals surface area contributed by atoms with Crippen LogP contribution in [0.5, 0.6) is 0 Å². The third-order valence-electron chi connectivity index (χ3n) is 4.46. The Kier molecular flexibility index (Phi) is 4.59. The number of aryl methyl sites for hydroxylation is 1. The van der Waals surface area contributed by atoms with Crippen molar-refractivity contribution in [3.05, 3.63) is 18.7 Å². The average molecular weight is 319 g/mol. The number of amides is 4. The van der Waals surface area contributed by atoms with Gasteiger partial charge in [-0.15, -0.1) is 0 Å². The molecule has 0 aliphatic carbocycles. The summed E-state index contributed by atoms with van der Waals surface area (Å²) in [6.07, 6.45) is 9.28. The molecule has 1 aromatic rings. The van der Waals surface area contributed by atoms with E-state index in [-0.39, 0.29) is 30.9 Å². The van der Waals surface area contributed by atoms with Gasteiger partial charge in [0.05, 0.1) is 12.9 Å². The Bertz CT molecular complexity index is 570. The maximum atomic E-state index is 12.5. The third kappa shape index (κ3) is 3.52. The summed E-state index contributed by atoms with van der Waals surface area (Å²) in [5.41, 5.74) is 0. The van der Waals surface area contributed by atoms with Crippen LogP contribution in [-0.2, 0) is 16.1 Å². The highest BCUT2D eigenvalue weighted by Crippen LogP contribution is 2.21. The van der Waals surface area contributed by atoms with Gasteiger partial charge in [0.25, 0.3) is 5.91 Å². The van der Waals surface area contributed by atoms with Crippen molar-refractivity contribution in [2.24, 2.45) is 0 Å². The van der Waals surface area contributed by atoms with Gasteiger partial charge in [-0.3, -0.25) is 14.5 Å². The third-order valence-corrected chi connectivity index (χ3v) is 4.46. The molecule has 1 aromatic heterocycles. The number of hydrogen-bond acceptors (Lipinski definition) is 4. The van der Waals surface area contributed by atoms with Gasteiger partial charge in [-0.05, 0) is 25.7 Å². The Labute approximate surface area is 134 Å². The van der Waals surface area contributed by atoms with Crippen LogP contribution in [0.15, 0.2) is 18.7 Å². The Morgan fingerprint density at radius 3 is 2.91 bits per heavy atom. The van der Waals surface area contributed by atoms with Crippen molar-refractivity contribution in [3.63, 3.8) is 0 Å². The summed E-state index contributed by atoms with van der Waals surface area (Å²) < 4.78 is 1.99. The van der Waals surface area contributed by atoms with Gasteiger partial charge in [0.15, 0.2) is 0 Å². The Hall–Kier alpha value is -2.38. The van der Waals surface area contributed by atoms with Crippen LogP contribution in [0.4, 0.5) is 4.79 Å². The minimum atomic E-state index is -0.477. The number of carbonyl (C=O) groups is 3. The second kappa shape index (κ2) is 6.80. The van der Waals surface area contributed by atoms with Crippen LogP contribution in [0, 0.1) is 0 Å². The lowest BCUT2D eigenvalue weighted by Gasteiger charge is -2.36. The van der Waals surface area contributed by atoms with Crippen LogP contribution in [0.1, 0.15) is 25.7 Å². The zero-order valence-electron chi connectivity index (χ0n) is 13.0. The number of carbonyl (C=O) groups excluding carboxylic acids is 3. The van der Waals surface area contributed by atoms with Crippen LogP contribution in [0.3, 0.4) is 0 Å². The number of hydrogen-bond donors (Lipinski definition) is 1. The first-order valence-electron chi connectivity index (χ1n) is 7.98. The summed E-state index contributed by atoms with van der Waals surface area (Å²) in [5.74, 6) is -0.485. The summed E-state index contributed by atoms with van der Waals surface area (Å²) in [7, 11) is 0. The number of likely N-dealkylation sites (tertiary alicyclic amines) is 1. The van der Waals surface area contributed by atoms with E-state index in [0.717, 1.165) is 37.1 Å². The topological polar surface area (TPSA) is 87.5 Å². The SMILES string of the molecule is O=C1CNC(=O)N1CC(=O)N1CCCCC1CCn1ccnc1. The second-order valence-corrected chi connectivity index (χ2v) is 5.96. The molecular formula is C15H21N5O3. The average Bonchev–Trinajstić information content (AvgIpc) is 3.18. The maximum Gasteiger partial charge on any atom is 0.325 e. The minimum Gasteiger partial charge on any atom is -0.338 e. The van der Waals surface area contributed by atoms with Crippen molar-refractivity contribution in [1.82, 2.24) is 24.7 Å². The molecule has 2 aliphatic heterocycles. The molecule has 2 fully saturated rings. The summed E-state index contributed by atoms with van der Waals surface area (Å²) in [6.45, 7) is 1.32. The zero-order valence-corrected chi connectivity index (χ0v) is 13.0. The van der Waals surface area contributed by atoms with Gasteiger partial charge >= 0.3 is 6.03 Å². The molecule has 3 heterocycles. The monoisotopic (exact) mass is 319 g/mol. The van der Waals surface area contributed by atoms with Gasteiger partial charge in [-0.1, -0.05) is 0 Å². The van der Waals surface area contributed by atoms with Gasteiger partial charge < -0.3 is 14.8 Å². The first kappa shape index (κ1) is 15.5. The van der Waals surface area contributed by atoms with Gasteiger partial charge in [-0.25, -0.2) is 9.78 Å². The molecule has 0 spiro atoms. The number of urea groups is 1. The highest BCUT2D eigenvalue weighted by molar-refractivity contribution is 6.04. The van der Waals surface area contributed by atoms with Crippen molar-refractivity contribution in [3.8, 4) is 0 Å². The van der Waals surface area contributed by atoms with Crippen molar-refractivity contribution < 1.29 is 14.4 Å². The fourth-order valence-corrected chi connectivity index (χ4v) is 3.19. The summed E-state index contributed by atoms with van der Waals surface area (Å²) in [6, 6.07) is -0.324. The lowest BCUT2D eigenvalue weighted by Crippen LogP contribution is -2.49. The normalized spacial score (nSPS) is 21.7. The molecule has 0 radical (unpaired) electrons. The van der Waals surface area contributed by atoms with Crippen molar-refractivity contribution >= 4 is 17.8 Å². The van der Waals surface area contributed by atoms with E-state index in [1.807, 2.05) is 15.7 Å². The molecule has 4 amide bonds. The molecular weight excluding hydrogens is 298 g/mol. The van der Waals surface area contributed by atoms with Crippen molar-refractivity contribution in [2.45, 2.75) is 38.3 Å². The van der Waals surface area contributed by atoms with Crippen LogP contribution in [-0.4, -0.2) is 62.9 Å². The molecule has 2 saturated heterocycles. The molecule has 8 nitrogen and oxygen atoms in total. The molecule has 2 aliphatic rings. The molecule has 0 saturated carbocycles. The van der Waals surface area contributed by atoms with Gasteiger partial charge in [0.2, 0.25) is 5.91 Å². The van der Waals surface area contributed by atoms with Gasteiger partial charge in [-0.2, -0.15) is 0 Å². The van der Waals surface area contributed by atoms with E-state index in [1.54, 1.807) is 12.5 Å². The number of nitrogens with zero attached hydrogens (tertiary/aromatic N) is 4. The highest BCUT2D eigenvalue weighted by atomic mass is 16.2. The van der Waals surface area contributed by atoms with E-state index < -0.39 is 6.03 Å². The van der Waals surface area contributed by atoms with Crippen LogP contribution in [0.25, 0.3) is 0 Å². The molecule has 3 rings (SSSR count). The lowest BCUT2D eigenvalue weighted by molar-refractivity contribution is -0.139. The van der Waals surface area contributed by atoms with Crippen molar-refractivity contribution in [2.75, 3.05) is 19.6 Å². The number of imide groups is 1. The Morgan fingerprint density at radius 2 is 2.22 bits per heavy atom. The largest absolute Gasteiger partial charge is 0.338 e. The highest BCUT2D eigenvalue weighted by Gasteiger charge is 2.34. The van der Waals surface area contributed by atoms with E-state index >= 15 is 0 Å². The Morgan fingerprint density at radius 1 is 1.35 bits per heavy atom. The van der Waals surface area contributed by atoms with Crippen molar-refractivity contribution in [1.29, 1.82) is 0 Å². The first-order valence-corrected chi connectivity index (χ1v) is 7.98. The number of imidazole rings is 1. The van der Waals surface area contributed by atoms with E-state index in [1.165, 1.54) is 0 Å². The number of aromatic nitrogens is 2. The molecule has 23 heavy (non-hydrogen) atoms. The van der Waals surface area contributed by atoms with E-state index in [9.17, 15) is 14.4 Å². The molecule has 0 aromatic carbocycles. The zero-order chi connectivity index (χ0) is 16.2. The fraction of sp³-hybridized carbons (Fsp3) is 0.600. The first-order chi connectivity index (χ1) is 11.1. The number of piperidine rings is 1. The molecule has 0 bridgehead atoms. The summed E-state index contributed by atoms with van der Waals surface area (Å²) in [5, 5.41) is 2.44. The Balaban J connectivity index is 1.59. The quantitative estimate of drug-likeness (QED) is 0.786. The molecule has 8 heteroatoms. The van der Waals surface area contributed by atoms with E-state index in [2.05, 4.69) is 10.3 Å². The molecule has 1 unspecified atom stereocenters.